The first-order chi connectivity index (χ1) is 14.0. The summed E-state index contributed by atoms with van der Waals surface area (Å²) in [4.78, 5) is 30.5. The third kappa shape index (κ3) is 4.37. The van der Waals surface area contributed by atoms with E-state index < -0.39 is 5.97 Å². The SMILES string of the molecule is CCc1[nH]c(C(=O)NCC(CC)N2CCc3ccccc3C2)c(C)c1C(=O)OC. The van der Waals surface area contributed by atoms with Gasteiger partial charge >= 0.3 is 5.97 Å². The predicted molar refractivity (Wildman–Crippen MR) is 113 cm³/mol. The van der Waals surface area contributed by atoms with Crippen LogP contribution in [-0.2, 0) is 24.1 Å². The highest BCUT2D eigenvalue weighted by molar-refractivity contribution is 6.00. The average Bonchev–Trinajstić information content (AvgIpc) is 3.09. The Kier molecular flexibility index (Phi) is 6.75. The summed E-state index contributed by atoms with van der Waals surface area (Å²) in [5.74, 6) is -0.587. The van der Waals surface area contributed by atoms with Gasteiger partial charge in [-0.25, -0.2) is 4.79 Å². The lowest BCUT2D eigenvalue weighted by Crippen LogP contribution is -2.45. The molecule has 0 aliphatic carbocycles. The van der Waals surface area contributed by atoms with Crippen molar-refractivity contribution in [1.29, 1.82) is 0 Å². The van der Waals surface area contributed by atoms with Crippen molar-refractivity contribution in [2.75, 3.05) is 20.2 Å². The van der Waals surface area contributed by atoms with E-state index in [9.17, 15) is 9.59 Å². The summed E-state index contributed by atoms with van der Waals surface area (Å²) in [6, 6.07) is 8.85. The van der Waals surface area contributed by atoms with Crippen molar-refractivity contribution in [2.45, 2.75) is 52.6 Å². The number of methoxy groups -OCH3 is 1. The maximum Gasteiger partial charge on any atom is 0.339 e. The topological polar surface area (TPSA) is 74.4 Å². The van der Waals surface area contributed by atoms with E-state index in [0.29, 0.717) is 29.8 Å². The van der Waals surface area contributed by atoms with Gasteiger partial charge in [0.1, 0.15) is 5.69 Å². The number of aromatic amines is 1. The average molecular weight is 398 g/mol. The van der Waals surface area contributed by atoms with E-state index in [2.05, 4.69) is 46.4 Å². The van der Waals surface area contributed by atoms with Crippen LogP contribution in [0, 0.1) is 6.92 Å². The molecule has 1 atom stereocenters. The molecule has 0 spiro atoms. The summed E-state index contributed by atoms with van der Waals surface area (Å²) in [6.45, 7) is 8.38. The second-order valence-electron chi connectivity index (χ2n) is 7.58. The molecule has 0 bridgehead atoms. The fourth-order valence-electron chi connectivity index (χ4n) is 4.19. The number of ether oxygens (including phenoxy) is 1. The minimum atomic E-state index is -0.409. The van der Waals surface area contributed by atoms with Crippen molar-refractivity contribution in [3.8, 4) is 0 Å². The molecule has 0 saturated carbocycles. The number of nitrogens with one attached hydrogen (secondary N) is 2. The molecule has 6 nitrogen and oxygen atoms in total. The Morgan fingerprint density at radius 2 is 1.97 bits per heavy atom. The highest BCUT2D eigenvalue weighted by atomic mass is 16.5. The van der Waals surface area contributed by atoms with Crippen LogP contribution in [0.25, 0.3) is 0 Å². The second kappa shape index (κ2) is 9.27. The highest BCUT2D eigenvalue weighted by Crippen LogP contribution is 2.22. The first kappa shape index (κ1) is 21.1. The predicted octanol–water partition coefficient (Wildman–Crippen LogP) is 3.24. The highest BCUT2D eigenvalue weighted by Gasteiger charge is 2.26. The van der Waals surface area contributed by atoms with E-state index in [1.54, 1.807) is 6.92 Å². The first-order valence-electron chi connectivity index (χ1n) is 10.4. The lowest BCUT2D eigenvalue weighted by Gasteiger charge is -2.35. The van der Waals surface area contributed by atoms with E-state index >= 15 is 0 Å². The Morgan fingerprint density at radius 1 is 1.24 bits per heavy atom. The Balaban J connectivity index is 1.68. The van der Waals surface area contributed by atoms with Gasteiger partial charge in [-0.15, -0.1) is 0 Å². The van der Waals surface area contributed by atoms with Crippen molar-refractivity contribution in [3.05, 3.63) is 57.9 Å². The second-order valence-corrected chi connectivity index (χ2v) is 7.58. The van der Waals surface area contributed by atoms with Gasteiger partial charge in [0, 0.05) is 31.4 Å². The number of H-pyrrole nitrogens is 1. The molecule has 2 heterocycles. The van der Waals surface area contributed by atoms with Crippen LogP contribution in [0.2, 0.25) is 0 Å². The summed E-state index contributed by atoms with van der Waals surface area (Å²) in [6.07, 6.45) is 2.63. The summed E-state index contributed by atoms with van der Waals surface area (Å²) >= 11 is 0. The maximum absolute atomic E-state index is 12.8. The van der Waals surface area contributed by atoms with Crippen molar-refractivity contribution in [1.82, 2.24) is 15.2 Å². The number of benzene rings is 1. The molecule has 1 aromatic carbocycles. The van der Waals surface area contributed by atoms with Crippen molar-refractivity contribution < 1.29 is 14.3 Å². The Labute approximate surface area is 172 Å². The van der Waals surface area contributed by atoms with Gasteiger partial charge in [0.2, 0.25) is 0 Å². The first-order valence-corrected chi connectivity index (χ1v) is 10.4. The monoisotopic (exact) mass is 397 g/mol. The molecule has 1 unspecified atom stereocenters. The summed E-state index contributed by atoms with van der Waals surface area (Å²) in [5, 5.41) is 3.07. The van der Waals surface area contributed by atoms with E-state index in [1.165, 1.54) is 18.2 Å². The molecule has 0 radical (unpaired) electrons. The number of hydrogen-bond donors (Lipinski definition) is 2. The Morgan fingerprint density at radius 3 is 2.62 bits per heavy atom. The Bertz CT molecular complexity index is 887. The van der Waals surface area contributed by atoms with Gasteiger partial charge in [0.15, 0.2) is 0 Å². The van der Waals surface area contributed by atoms with Crippen LogP contribution in [0.3, 0.4) is 0 Å². The van der Waals surface area contributed by atoms with Gasteiger partial charge < -0.3 is 15.0 Å². The van der Waals surface area contributed by atoms with Crippen molar-refractivity contribution >= 4 is 11.9 Å². The van der Waals surface area contributed by atoms with Crippen LogP contribution in [0.1, 0.15) is 63.5 Å². The summed E-state index contributed by atoms with van der Waals surface area (Å²) < 4.78 is 4.88. The number of esters is 1. The van der Waals surface area contributed by atoms with Crippen molar-refractivity contribution in [3.63, 3.8) is 0 Å². The van der Waals surface area contributed by atoms with Gasteiger partial charge in [-0.1, -0.05) is 38.1 Å². The van der Waals surface area contributed by atoms with Gasteiger partial charge in [-0.3, -0.25) is 9.69 Å². The number of carbonyl (C=O) groups excluding carboxylic acids is 2. The molecule has 6 heteroatoms. The molecule has 0 fully saturated rings. The summed E-state index contributed by atoms with van der Waals surface area (Å²) in [5.41, 5.74) is 5.09. The van der Waals surface area contributed by atoms with Crippen LogP contribution in [0.4, 0.5) is 0 Å². The number of nitrogens with zero attached hydrogens (tertiary/aromatic N) is 1. The largest absolute Gasteiger partial charge is 0.465 e. The number of aryl methyl sites for hydroxylation is 1. The molecule has 2 aromatic rings. The van der Waals surface area contributed by atoms with Crippen LogP contribution in [-0.4, -0.2) is 48.0 Å². The number of fused-ring (bicyclic) bond motifs is 1. The van der Waals surface area contributed by atoms with Gasteiger partial charge in [0.25, 0.3) is 5.91 Å². The molecule has 29 heavy (non-hydrogen) atoms. The molecular formula is C23H31N3O3. The minimum Gasteiger partial charge on any atom is -0.465 e. The molecule has 1 aliphatic rings. The van der Waals surface area contributed by atoms with Gasteiger partial charge in [-0.05, 0) is 42.9 Å². The number of hydrogen-bond acceptors (Lipinski definition) is 4. The maximum atomic E-state index is 12.8. The third-order valence-corrected chi connectivity index (χ3v) is 5.94. The van der Waals surface area contributed by atoms with Gasteiger partial charge in [0.05, 0.1) is 12.7 Å². The normalized spacial score (nSPS) is 14.9. The van der Waals surface area contributed by atoms with E-state index in [1.807, 2.05) is 6.92 Å². The number of aromatic nitrogens is 1. The number of carbonyl (C=O) groups is 2. The lowest BCUT2D eigenvalue weighted by molar-refractivity contribution is 0.0599. The van der Waals surface area contributed by atoms with Crippen LogP contribution in [0.15, 0.2) is 24.3 Å². The van der Waals surface area contributed by atoms with Crippen molar-refractivity contribution in [2.24, 2.45) is 0 Å². The molecule has 1 amide bonds. The third-order valence-electron chi connectivity index (χ3n) is 5.94. The molecule has 2 N–H and O–H groups in total. The zero-order chi connectivity index (χ0) is 21.0. The number of rotatable bonds is 7. The van der Waals surface area contributed by atoms with Crippen LogP contribution >= 0.6 is 0 Å². The molecule has 1 aromatic heterocycles. The lowest BCUT2D eigenvalue weighted by atomic mass is 9.98. The van der Waals surface area contributed by atoms with Gasteiger partial charge in [-0.2, -0.15) is 0 Å². The van der Waals surface area contributed by atoms with Crippen LogP contribution < -0.4 is 5.32 Å². The molecule has 156 valence electrons. The molecule has 1 aliphatic heterocycles. The minimum absolute atomic E-state index is 0.178. The standard InChI is InChI=1S/C23H31N3O3/c1-5-18(26-12-11-16-9-7-8-10-17(16)14-26)13-24-22(27)21-15(3)20(23(28)29-4)19(6-2)25-21/h7-10,18,25H,5-6,11-14H2,1-4H3,(H,24,27). The zero-order valence-electron chi connectivity index (χ0n) is 17.8. The van der Waals surface area contributed by atoms with Crippen LogP contribution in [0.5, 0.6) is 0 Å². The summed E-state index contributed by atoms with van der Waals surface area (Å²) in [7, 11) is 1.36. The number of amides is 1. The van der Waals surface area contributed by atoms with E-state index in [4.69, 9.17) is 4.74 Å². The quantitative estimate of drug-likeness (QED) is 0.704. The zero-order valence-corrected chi connectivity index (χ0v) is 17.8. The van der Waals surface area contributed by atoms with E-state index in [0.717, 1.165) is 31.6 Å². The fourth-order valence-corrected chi connectivity index (χ4v) is 4.19. The van der Waals surface area contributed by atoms with E-state index in [-0.39, 0.29) is 11.9 Å². The fraction of sp³-hybridized carbons (Fsp3) is 0.478. The molecular weight excluding hydrogens is 366 g/mol. The Hall–Kier alpha value is -2.60. The molecule has 0 saturated heterocycles. The molecule has 3 rings (SSSR count). The smallest absolute Gasteiger partial charge is 0.339 e.